The third-order valence-corrected chi connectivity index (χ3v) is 3.23. The molecule has 2 N–H and O–H groups in total. The summed E-state index contributed by atoms with van der Waals surface area (Å²) in [7, 11) is 0. The minimum atomic E-state index is -1.08. The lowest BCUT2D eigenvalue weighted by molar-refractivity contribution is -0.139. The SMILES string of the molecule is CCCCC=COC1=C(O)c2cccc(OCC(=O)O)c2OC1. The van der Waals surface area contributed by atoms with E-state index in [-0.39, 0.29) is 18.1 Å². The number of carboxylic acids is 1. The molecule has 1 aliphatic rings. The summed E-state index contributed by atoms with van der Waals surface area (Å²) in [6, 6.07) is 4.89. The quantitative estimate of drug-likeness (QED) is 0.563. The van der Waals surface area contributed by atoms with Crippen LogP contribution in [0.25, 0.3) is 5.76 Å². The zero-order chi connectivity index (χ0) is 16.7. The first-order valence-corrected chi connectivity index (χ1v) is 7.48. The second kappa shape index (κ2) is 8.12. The molecule has 0 unspecified atom stereocenters. The number of fused-ring (bicyclic) bond motifs is 1. The molecule has 2 rings (SSSR count). The zero-order valence-corrected chi connectivity index (χ0v) is 12.9. The predicted octanol–water partition coefficient (Wildman–Crippen LogP) is 3.49. The number of allylic oxidation sites excluding steroid dienone is 1. The summed E-state index contributed by atoms with van der Waals surface area (Å²) in [6.45, 7) is 1.68. The van der Waals surface area contributed by atoms with E-state index in [4.69, 9.17) is 19.3 Å². The maximum atomic E-state index is 10.6. The first-order valence-electron chi connectivity index (χ1n) is 7.48. The lowest BCUT2D eigenvalue weighted by atomic mass is 10.1. The Balaban J connectivity index is 2.12. The van der Waals surface area contributed by atoms with E-state index < -0.39 is 12.6 Å². The number of ether oxygens (including phenoxy) is 3. The molecule has 0 bridgehead atoms. The van der Waals surface area contributed by atoms with Crippen molar-refractivity contribution in [2.24, 2.45) is 0 Å². The van der Waals surface area contributed by atoms with E-state index in [9.17, 15) is 9.90 Å². The van der Waals surface area contributed by atoms with Crippen LogP contribution in [0.2, 0.25) is 0 Å². The molecule has 0 amide bonds. The Labute approximate surface area is 134 Å². The Morgan fingerprint density at radius 1 is 1.43 bits per heavy atom. The number of aliphatic hydroxyl groups excluding tert-OH is 1. The van der Waals surface area contributed by atoms with E-state index in [1.807, 2.05) is 6.08 Å². The van der Waals surface area contributed by atoms with Crippen LogP contribution in [0.15, 0.2) is 36.3 Å². The average Bonchev–Trinajstić information content (AvgIpc) is 2.54. The lowest BCUT2D eigenvalue weighted by Crippen LogP contribution is -2.15. The van der Waals surface area contributed by atoms with Crippen molar-refractivity contribution in [2.75, 3.05) is 13.2 Å². The third-order valence-electron chi connectivity index (χ3n) is 3.23. The van der Waals surface area contributed by atoms with Crippen molar-refractivity contribution >= 4 is 11.7 Å². The Morgan fingerprint density at radius 3 is 3.00 bits per heavy atom. The number of hydrogen-bond donors (Lipinski definition) is 2. The number of para-hydroxylation sites is 1. The molecule has 124 valence electrons. The molecule has 0 radical (unpaired) electrons. The van der Waals surface area contributed by atoms with Gasteiger partial charge in [-0.15, -0.1) is 0 Å². The number of aliphatic hydroxyl groups is 1. The van der Waals surface area contributed by atoms with Crippen molar-refractivity contribution in [3.05, 3.63) is 41.9 Å². The van der Waals surface area contributed by atoms with Gasteiger partial charge in [0.2, 0.25) is 0 Å². The highest BCUT2D eigenvalue weighted by Gasteiger charge is 2.24. The molecule has 6 heteroatoms. The van der Waals surface area contributed by atoms with Crippen molar-refractivity contribution < 1.29 is 29.2 Å². The van der Waals surface area contributed by atoms with Gasteiger partial charge in [0.25, 0.3) is 0 Å². The van der Waals surface area contributed by atoms with Crippen molar-refractivity contribution in [2.45, 2.75) is 26.2 Å². The van der Waals surface area contributed by atoms with E-state index >= 15 is 0 Å². The van der Waals surface area contributed by atoms with Gasteiger partial charge in [-0.2, -0.15) is 0 Å². The number of aliphatic carboxylic acids is 1. The van der Waals surface area contributed by atoms with Crippen molar-refractivity contribution in [1.82, 2.24) is 0 Å². The Morgan fingerprint density at radius 2 is 2.26 bits per heavy atom. The van der Waals surface area contributed by atoms with Crippen LogP contribution in [0, 0.1) is 0 Å². The summed E-state index contributed by atoms with van der Waals surface area (Å²) >= 11 is 0. The maximum Gasteiger partial charge on any atom is 0.341 e. The minimum absolute atomic E-state index is 0.0350. The van der Waals surface area contributed by atoms with Crippen LogP contribution in [-0.4, -0.2) is 29.4 Å². The first kappa shape index (κ1) is 16.7. The Hall–Kier alpha value is -2.63. The van der Waals surface area contributed by atoms with Crippen LogP contribution in [-0.2, 0) is 9.53 Å². The van der Waals surface area contributed by atoms with E-state index in [2.05, 4.69) is 6.92 Å². The zero-order valence-electron chi connectivity index (χ0n) is 12.9. The van der Waals surface area contributed by atoms with E-state index in [0.29, 0.717) is 17.1 Å². The van der Waals surface area contributed by atoms with Gasteiger partial charge in [-0.1, -0.05) is 19.4 Å². The highest BCUT2D eigenvalue weighted by molar-refractivity contribution is 5.72. The molecule has 0 atom stereocenters. The Kier molecular flexibility index (Phi) is 5.91. The van der Waals surface area contributed by atoms with Gasteiger partial charge in [0, 0.05) is 0 Å². The largest absolute Gasteiger partial charge is 0.504 e. The summed E-state index contributed by atoms with van der Waals surface area (Å²) in [6.07, 6.45) is 6.53. The number of unbranched alkanes of at least 4 members (excludes halogenated alkanes) is 2. The minimum Gasteiger partial charge on any atom is -0.504 e. The second-order valence-electron chi connectivity index (χ2n) is 5.01. The molecule has 0 saturated heterocycles. The molecule has 0 aromatic heterocycles. The summed E-state index contributed by atoms with van der Waals surface area (Å²) in [5.41, 5.74) is 0.413. The van der Waals surface area contributed by atoms with Gasteiger partial charge in [-0.25, -0.2) is 4.79 Å². The van der Waals surface area contributed by atoms with Gasteiger partial charge in [0.1, 0.15) is 6.61 Å². The molecule has 1 aromatic rings. The molecule has 0 fully saturated rings. The van der Waals surface area contributed by atoms with Gasteiger partial charge in [0.05, 0.1) is 11.8 Å². The normalized spacial score (nSPS) is 13.6. The molecular weight excluding hydrogens is 300 g/mol. The number of carboxylic acid groups (broad SMARTS) is 1. The number of hydrogen-bond acceptors (Lipinski definition) is 5. The molecule has 0 saturated carbocycles. The van der Waals surface area contributed by atoms with Crippen molar-refractivity contribution in [3.63, 3.8) is 0 Å². The summed E-state index contributed by atoms with van der Waals surface area (Å²) in [4.78, 5) is 10.6. The fourth-order valence-electron chi connectivity index (χ4n) is 2.07. The van der Waals surface area contributed by atoms with E-state index in [1.54, 1.807) is 24.5 Å². The fraction of sp³-hybridized carbons (Fsp3) is 0.353. The second-order valence-corrected chi connectivity index (χ2v) is 5.01. The highest BCUT2D eigenvalue weighted by Crippen LogP contribution is 2.39. The monoisotopic (exact) mass is 320 g/mol. The van der Waals surface area contributed by atoms with Crippen LogP contribution < -0.4 is 9.47 Å². The molecule has 23 heavy (non-hydrogen) atoms. The standard InChI is InChI=1S/C17H20O6/c1-2-3-4-5-9-21-14-10-23-17-12(16(14)20)7-6-8-13(17)22-11-15(18)19/h5-9,20H,2-4,10-11H2,1H3,(H,18,19). The van der Waals surface area contributed by atoms with Gasteiger partial charge < -0.3 is 24.4 Å². The average molecular weight is 320 g/mol. The molecule has 0 aliphatic carbocycles. The summed E-state index contributed by atoms with van der Waals surface area (Å²) in [5.74, 6) is -0.227. The smallest absolute Gasteiger partial charge is 0.341 e. The van der Waals surface area contributed by atoms with Gasteiger partial charge >= 0.3 is 5.97 Å². The van der Waals surface area contributed by atoms with E-state index in [1.165, 1.54) is 0 Å². The van der Waals surface area contributed by atoms with Crippen LogP contribution in [0.4, 0.5) is 0 Å². The lowest BCUT2D eigenvalue weighted by Gasteiger charge is -2.21. The molecular formula is C17H20O6. The predicted molar refractivity (Wildman–Crippen MR) is 84.4 cm³/mol. The third kappa shape index (κ3) is 4.42. The van der Waals surface area contributed by atoms with Crippen LogP contribution in [0.1, 0.15) is 31.7 Å². The van der Waals surface area contributed by atoms with Crippen LogP contribution in [0.3, 0.4) is 0 Å². The molecule has 1 aliphatic heterocycles. The van der Waals surface area contributed by atoms with Gasteiger partial charge in [0.15, 0.2) is 29.6 Å². The van der Waals surface area contributed by atoms with Gasteiger partial charge in [-0.3, -0.25) is 0 Å². The van der Waals surface area contributed by atoms with Gasteiger partial charge in [-0.05, 0) is 31.1 Å². The molecule has 1 aromatic carbocycles. The van der Waals surface area contributed by atoms with Crippen molar-refractivity contribution in [3.8, 4) is 11.5 Å². The summed E-state index contributed by atoms with van der Waals surface area (Å²) in [5, 5.41) is 19.0. The number of rotatable bonds is 8. The molecule has 1 heterocycles. The maximum absolute atomic E-state index is 10.6. The first-order chi connectivity index (χ1) is 11.1. The highest BCUT2D eigenvalue weighted by atomic mass is 16.6. The number of benzene rings is 1. The topological polar surface area (TPSA) is 85.2 Å². The Bertz CT molecular complexity index is 618. The van der Waals surface area contributed by atoms with Crippen molar-refractivity contribution in [1.29, 1.82) is 0 Å². The molecule has 6 nitrogen and oxygen atoms in total. The summed E-state index contributed by atoms with van der Waals surface area (Å²) < 4.78 is 16.1. The van der Waals surface area contributed by atoms with Crippen LogP contribution in [0.5, 0.6) is 11.5 Å². The van der Waals surface area contributed by atoms with Crippen LogP contribution >= 0.6 is 0 Å². The fourth-order valence-corrected chi connectivity index (χ4v) is 2.07. The van der Waals surface area contributed by atoms with E-state index in [0.717, 1.165) is 19.3 Å². The molecule has 0 spiro atoms. The number of carbonyl (C=O) groups is 1.